The van der Waals surface area contributed by atoms with Crippen LogP contribution in [0.25, 0.3) is 0 Å². The molecule has 1 fully saturated rings. The van der Waals surface area contributed by atoms with E-state index >= 15 is 0 Å². The SMILES string of the molecule is C[C@H]1CS(=O)(=O)C[C@H]1Nc1ncns1. The minimum Gasteiger partial charge on any atom is -0.356 e. The second-order valence-electron chi connectivity index (χ2n) is 3.55. The summed E-state index contributed by atoms with van der Waals surface area (Å²) in [4.78, 5) is 3.96. The summed E-state index contributed by atoms with van der Waals surface area (Å²) >= 11 is 1.24. The lowest BCUT2D eigenvalue weighted by Crippen LogP contribution is -2.25. The molecule has 5 nitrogen and oxygen atoms in total. The van der Waals surface area contributed by atoms with E-state index in [-0.39, 0.29) is 23.5 Å². The quantitative estimate of drug-likeness (QED) is 0.799. The Labute approximate surface area is 86.6 Å². The van der Waals surface area contributed by atoms with Crippen molar-refractivity contribution >= 4 is 26.5 Å². The summed E-state index contributed by atoms with van der Waals surface area (Å²) in [6.07, 6.45) is 1.46. The lowest BCUT2D eigenvalue weighted by molar-refractivity contribution is 0.592. The van der Waals surface area contributed by atoms with Crippen LogP contribution in [0.5, 0.6) is 0 Å². The van der Waals surface area contributed by atoms with Gasteiger partial charge in [0.15, 0.2) is 9.84 Å². The van der Waals surface area contributed by atoms with Gasteiger partial charge in [-0.25, -0.2) is 13.4 Å². The molecule has 2 atom stereocenters. The van der Waals surface area contributed by atoms with Gasteiger partial charge in [0, 0.05) is 17.6 Å². The predicted octanol–water partition coefficient (Wildman–Crippen LogP) is 0.383. The fourth-order valence-electron chi connectivity index (χ4n) is 1.60. The summed E-state index contributed by atoms with van der Waals surface area (Å²) in [6, 6.07) is -0.0204. The number of sulfone groups is 1. The van der Waals surface area contributed by atoms with Crippen LogP contribution >= 0.6 is 11.5 Å². The molecule has 78 valence electrons. The normalized spacial score (nSPS) is 30.4. The Kier molecular flexibility index (Phi) is 2.44. The van der Waals surface area contributed by atoms with Crippen molar-refractivity contribution in [3.8, 4) is 0 Å². The van der Waals surface area contributed by atoms with E-state index in [0.29, 0.717) is 5.13 Å². The van der Waals surface area contributed by atoms with Crippen molar-refractivity contribution < 1.29 is 8.42 Å². The van der Waals surface area contributed by atoms with Gasteiger partial charge in [0.05, 0.1) is 11.5 Å². The summed E-state index contributed by atoms with van der Waals surface area (Å²) in [5.74, 6) is 0.612. The number of nitrogens with one attached hydrogen (secondary N) is 1. The van der Waals surface area contributed by atoms with E-state index in [4.69, 9.17) is 0 Å². The maximum atomic E-state index is 11.3. The van der Waals surface area contributed by atoms with Gasteiger partial charge in [-0.2, -0.15) is 4.37 Å². The molecule has 14 heavy (non-hydrogen) atoms. The highest BCUT2D eigenvalue weighted by molar-refractivity contribution is 7.91. The first kappa shape index (κ1) is 9.85. The molecule has 0 bridgehead atoms. The van der Waals surface area contributed by atoms with Gasteiger partial charge in [-0.1, -0.05) is 6.92 Å². The highest BCUT2D eigenvalue weighted by Crippen LogP contribution is 2.22. The second-order valence-corrected chi connectivity index (χ2v) is 6.49. The van der Waals surface area contributed by atoms with Crippen molar-refractivity contribution in [2.75, 3.05) is 16.8 Å². The minimum absolute atomic E-state index is 0.0204. The first-order valence-electron chi connectivity index (χ1n) is 4.30. The average molecular weight is 233 g/mol. The molecule has 1 saturated heterocycles. The van der Waals surface area contributed by atoms with Gasteiger partial charge in [-0.05, 0) is 5.92 Å². The number of rotatable bonds is 2. The van der Waals surface area contributed by atoms with Gasteiger partial charge in [0.2, 0.25) is 5.13 Å². The fourth-order valence-corrected chi connectivity index (χ4v) is 4.22. The van der Waals surface area contributed by atoms with Crippen LogP contribution in [0, 0.1) is 5.92 Å². The topological polar surface area (TPSA) is 72.0 Å². The molecule has 0 aromatic carbocycles. The van der Waals surface area contributed by atoms with Gasteiger partial charge in [0.25, 0.3) is 0 Å². The smallest absolute Gasteiger partial charge is 0.202 e. The number of aromatic nitrogens is 2. The first-order valence-corrected chi connectivity index (χ1v) is 6.90. The molecule has 1 aliphatic rings. The Morgan fingerprint density at radius 2 is 2.36 bits per heavy atom. The zero-order valence-electron chi connectivity index (χ0n) is 7.67. The zero-order valence-corrected chi connectivity index (χ0v) is 9.31. The summed E-state index contributed by atoms with van der Waals surface area (Å²) in [7, 11) is -2.85. The zero-order chi connectivity index (χ0) is 10.2. The lowest BCUT2D eigenvalue weighted by Gasteiger charge is -2.13. The monoisotopic (exact) mass is 233 g/mol. The van der Waals surface area contributed by atoms with Crippen LogP contribution in [0.2, 0.25) is 0 Å². The van der Waals surface area contributed by atoms with Crippen molar-refractivity contribution in [3.05, 3.63) is 6.33 Å². The second kappa shape index (κ2) is 3.47. The molecule has 2 rings (SSSR count). The van der Waals surface area contributed by atoms with Crippen LogP contribution in [-0.4, -0.2) is 35.3 Å². The maximum absolute atomic E-state index is 11.3. The van der Waals surface area contributed by atoms with Crippen LogP contribution in [0.4, 0.5) is 5.13 Å². The van der Waals surface area contributed by atoms with E-state index in [1.54, 1.807) is 0 Å². The van der Waals surface area contributed by atoms with Crippen LogP contribution in [0.3, 0.4) is 0 Å². The van der Waals surface area contributed by atoms with Crippen LogP contribution < -0.4 is 5.32 Å². The Morgan fingerprint density at radius 1 is 1.57 bits per heavy atom. The maximum Gasteiger partial charge on any atom is 0.202 e. The first-order chi connectivity index (χ1) is 6.57. The van der Waals surface area contributed by atoms with Gasteiger partial charge < -0.3 is 5.32 Å². The van der Waals surface area contributed by atoms with E-state index in [1.165, 1.54) is 17.9 Å². The van der Waals surface area contributed by atoms with Crippen molar-refractivity contribution in [1.82, 2.24) is 9.36 Å². The predicted molar refractivity (Wildman–Crippen MR) is 55.1 cm³/mol. The lowest BCUT2D eigenvalue weighted by atomic mass is 10.1. The molecule has 1 aromatic heterocycles. The summed E-state index contributed by atoms with van der Waals surface area (Å²) in [5.41, 5.74) is 0. The molecular formula is C7H11N3O2S2. The number of hydrogen-bond acceptors (Lipinski definition) is 6. The van der Waals surface area contributed by atoms with Gasteiger partial charge in [-0.15, -0.1) is 0 Å². The van der Waals surface area contributed by atoms with E-state index in [9.17, 15) is 8.42 Å². The Morgan fingerprint density at radius 3 is 2.86 bits per heavy atom. The molecule has 1 aliphatic heterocycles. The molecule has 0 amide bonds. The molecular weight excluding hydrogens is 222 g/mol. The van der Waals surface area contributed by atoms with Crippen molar-refractivity contribution in [2.45, 2.75) is 13.0 Å². The van der Waals surface area contributed by atoms with Gasteiger partial charge in [0.1, 0.15) is 6.33 Å². The van der Waals surface area contributed by atoms with Gasteiger partial charge in [-0.3, -0.25) is 0 Å². The average Bonchev–Trinajstić information content (AvgIpc) is 2.61. The van der Waals surface area contributed by atoms with E-state index < -0.39 is 9.84 Å². The molecule has 0 radical (unpaired) electrons. The largest absolute Gasteiger partial charge is 0.356 e. The third-order valence-corrected chi connectivity index (χ3v) is 4.80. The minimum atomic E-state index is -2.85. The fraction of sp³-hybridized carbons (Fsp3) is 0.714. The van der Waals surface area contributed by atoms with E-state index in [1.807, 2.05) is 6.92 Å². The molecule has 1 aromatic rings. The summed E-state index contributed by atoms with van der Waals surface area (Å²) in [6.45, 7) is 1.93. The van der Waals surface area contributed by atoms with E-state index in [0.717, 1.165) is 0 Å². The Hall–Kier alpha value is -0.690. The Balaban J connectivity index is 2.07. The summed E-state index contributed by atoms with van der Waals surface area (Å²) in [5, 5.41) is 3.79. The van der Waals surface area contributed by atoms with Crippen LogP contribution in [0.15, 0.2) is 6.33 Å². The molecule has 1 N–H and O–H groups in total. The van der Waals surface area contributed by atoms with Gasteiger partial charge >= 0.3 is 0 Å². The molecule has 7 heteroatoms. The third-order valence-electron chi connectivity index (χ3n) is 2.31. The summed E-state index contributed by atoms with van der Waals surface area (Å²) < 4.78 is 26.5. The van der Waals surface area contributed by atoms with Crippen molar-refractivity contribution in [1.29, 1.82) is 0 Å². The van der Waals surface area contributed by atoms with Crippen molar-refractivity contribution in [3.63, 3.8) is 0 Å². The molecule has 0 spiro atoms. The molecule has 2 heterocycles. The van der Waals surface area contributed by atoms with Crippen LogP contribution in [-0.2, 0) is 9.84 Å². The number of nitrogens with zero attached hydrogens (tertiary/aromatic N) is 2. The number of anilines is 1. The van der Waals surface area contributed by atoms with E-state index in [2.05, 4.69) is 14.7 Å². The standard InChI is InChI=1S/C7H11N3O2S2/c1-5-2-14(11,12)3-6(5)10-7-8-4-9-13-7/h4-6H,2-3H2,1H3,(H,8,9,10)/t5-,6+/m0/s1. The van der Waals surface area contributed by atoms with Crippen molar-refractivity contribution in [2.24, 2.45) is 5.92 Å². The molecule has 0 aliphatic carbocycles. The highest BCUT2D eigenvalue weighted by Gasteiger charge is 2.34. The molecule has 0 saturated carbocycles. The number of hydrogen-bond donors (Lipinski definition) is 1. The highest BCUT2D eigenvalue weighted by atomic mass is 32.2. The Bertz CT molecular complexity index is 401. The molecule has 0 unspecified atom stereocenters. The van der Waals surface area contributed by atoms with Crippen LogP contribution in [0.1, 0.15) is 6.92 Å². The third kappa shape index (κ3) is 2.03.